The van der Waals surface area contributed by atoms with Crippen LogP contribution in [-0.2, 0) is 0 Å². The number of hydrogen-bond acceptors (Lipinski definition) is 6. The van der Waals surface area contributed by atoms with Crippen molar-refractivity contribution >= 4 is 28.1 Å². The van der Waals surface area contributed by atoms with E-state index >= 15 is 0 Å². The zero-order valence-electron chi connectivity index (χ0n) is 14.8. The highest BCUT2D eigenvalue weighted by Crippen LogP contribution is 2.44. The zero-order chi connectivity index (χ0) is 18.3. The third-order valence-electron chi connectivity index (χ3n) is 4.53. The summed E-state index contributed by atoms with van der Waals surface area (Å²) in [6, 6.07) is 9.29. The number of nitrogens with one attached hydrogen (secondary N) is 2. The van der Waals surface area contributed by atoms with E-state index in [9.17, 15) is 9.90 Å². The zero-order valence-corrected chi connectivity index (χ0v) is 14.8. The molecule has 1 aromatic heterocycles. The summed E-state index contributed by atoms with van der Waals surface area (Å²) < 4.78 is 5.66. The van der Waals surface area contributed by atoms with E-state index in [1.165, 1.54) is 0 Å². The van der Waals surface area contributed by atoms with Crippen molar-refractivity contribution in [2.45, 2.75) is 13.8 Å². The van der Waals surface area contributed by atoms with Gasteiger partial charge in [0.1, 0.15) is 5.52 Å². The predicted octanol–water partition coefficient (Wildman–Crippen LogP) is 3.51. The molecule has 3 aromatic rings. The van der Waals surface area contributed by atoms with Crippen molar-refractivity contribution in [3.05, 3.63) is 41.5 Å². The van der Waals surface area contributed by atoms with Gasteiger partial charge in [-0.25, -0.2) is 0 Å². The standard InChI is InChI=1S/C20H21N3O3/c1-11(2)10-22-15-9-14(21-7-8-24)16-17-18(15)23-26-20(17)13-6-4-3-5-12(13)19(16)25/h3-6,9,11,21-22,24H,7-8,10H2,1-2H3. The van der Waals surface area contributed by atoms with E-state index in [-0.39, 0.29) is 12.4 Å². The van der Waals surface area contributed by atoms with Crippen molar-refractivity contribution in [3.8, 4) is 11.3 Å². The lowest BCUT2D eigenvalue weighted by atomic mass is 9.86. The molecular weight excluding hydrogens is 330 g/mol. The lowest BCUT2D eigenvalue weighted by Crippen LogP contribution is -2.16. The van der Waals surface area contributed by atoms with Gasteiger partial charge in [-0.3, -0.25) is 4.79 Å². The molecule has 1 aliphatic rings. The number of hydrogen-bond donors (Lipinski definition) is 3. The number of ketones is 1. The Bertz CT molecular complexity index is 991. The van der Waals surface area contributed by atoms with Gasteiger partial charge in [-0.05, 0) is 12.0 Å². The number of fused-ring (bicyclic) bond motifs is 2. The highest BCUT2D eigenvalue weighted by Gasteiger charge is 2.32. The summed E-state index contributed by atoms with van der Waals surface area (Å²) in [5.41, 5.74) is 4.09. The van der Waals surface area contributed by atoms with Crippen LogP contribution in [0.25, 0.3) is 22.2 Å². The fourth-order valence-electron chi connectivity index (χ4n) is 3.34. The minimum atomic E-state index is -0.0582. The Morgan fingerprint density at radius 3 is 2.65 bits per heavy atom. The van der Waals surface area contributed by atoms with E-state index in [2.05, 4.69) is 29.6 Å². The van der Waals surface area contributed by atoms with Crippen LogP contribution in [0.5, 0.6) is 0 Å². The average molecular weight is 351 g/mol. The van der Waals surface area contributed by atoms with Gasteiger partial charge in [0, 0.05) is 29.9 Å². The number of aromatic nitrogens is 1. The number of carbonyl (C=O) groups is 1. The Kier molecular flexibility index (Phi) is 4.12. The lowest BCUT2D eigenvalue weighted by molar-refractivity contribution is 0.104. The van der Waals surface area contributed by atoms with Crippen molar-refractivity contribution in [3.63, 3.8) is 0 Å². The smallest absolute Gasteiger partial charge is 0.196 e. The van der Waals surface area contributed by atoms with E-state index in [0.29, 0.717) is 40.6 Å². The van der Waals surface area contributed by atoms with Crippen LogP contribution in [-0.4, -0.2) is 35.7 Å². The first-order chi connectivity index (χ1) is 12.6. The molecule has 0 saturated heterocycles. The number of anilines is 2. The van der Waals surface area contributed by atoms with Gasteiger partial charge >= 0.3 is 0 Å². The quantitative estimate of drug-likeness (QED) is 0.493. The molecule has 26 heavy (non-hydrogen) atoms. The summed E-state index contributed by atoms with van der Waals surface area (Å²) in [6.45, 7) is 5.37. The lowest BCUT2D eigenvalue weighted by Gasteiger charge is -2.19. The number of carbonyl (C=O) groups excluding carboxylic acids is 1. The van der Waals surface area contributed by atoms with Gasteiger partial charge < -0.3 is 20.3 Å². The molecule has 2 aromatic carbocycles. The van der Waals surface area contributed by atoms with Crippen LogP contribution in [0.2, 0.25) is 0 Å². The molecule has 0 spiro atoms. The molecule has 0 aliphatic heterocycles. The van der Waals surface area contributed by atoms with Crippen LogP contribution in [0.3, 0.4) is 0 Å². The fourth-order valence-corrected chi connectivity index (χ4v) is 3.34. The number of aliphatic hydroxyl groups is 1. The molecule has 0 bridgehead atoms. The van der Waals surface area contributed by atoms with E-state index in [4.69, 9.17) is 4.52 Å². The summed E-state index contributed by atoms with van der Waals surface area (Å²) >= 11 is 0. The highest BCUT2D eigenvalue weighted by molar-refractivity contribution is 6.28. The van der Waals surface area contributed by atoms with Crippen LogP contribution < -0.4 is 10.6 Å². The van der Waals surface area contributed by atoms with E-state index < -0.39 is 0 Å². The van der Waals surface area contributed by atoms with Gasteiger partial charge in [0.2, 0.25) is 0 Å². The molecule has 0 saturated carbocycles. The molecule has 0 unspecified atom stereocenters. The molecule has 4 rings (SSSR count). The summed E-state index contributed by atoms with van der Waals surface area (Å²) in [4.78, 5) is 13.2. The molecule has 3 N–H and O–H groups in total. The normalized spacial score (nSPS) is 12.5. The predicted molar refractivity (Wildman–Crippen MR) is 102 cm³/mol. The summed E-state index contributed by atoms with van der Waals surface area (Å²) in [5, 5.41) is 20.8. The van der Waals surface area contributed by atoms with Gasteiger partial charge in [0.15, 0.2) is 11.5 Å². The number of benzene rings is 2. The Morgan fingerprint density at radius 2 is 1.92 bits per heavy atom. The van der Waals surface area contributed by atoms with Gasteiger partial charge in [-0.15, -0.1) is 0 Å². The van der Waals surface area contributed by atoms with Crippen LogP contribution in [0.15, 0.2) is 34.9 Å². The Morgan fingerprint density at radius 1 is 1.15 bits per heavy atom. The molecular formula is C20H21N3O3. The second-order valence-corrected chi connectivity index (χ2v) is 6.88. The SMILES string of the molecule is CC(C)CNc1cc(NCCO)c2c3c(onc13)-c1ccccc1C2=O. The third kappa shape index (κ3) is 2.54. The maximum Gasteiger partial charge on any atom is 0.196 e. The van der Waals surface area contributed by atoms with E-state index in [1.54, 1.807) is 6.07 Å². The average Bonchev–Trinajstić information content (AvgIpc) is 3.08. The second-order valence-electron chi connectivity index (χ2n) is 6.88. The molecule has 1 aliphatic carbocycles. The third-order valence-corrected chi connectivity index (χ3v) is 4.53. The largest absolute Gasteiger partial charge is 0.395 e. The molecule has 0 fully saturated rings. The first kappa shape index (κ1) is 16.6. The highest BCUT2D eigenvalue weighted by atomic mass is 16.5. The second kappa shape index (κ2) is 6.46. The number of aliphatic hydroxyl groups excluding tert-OH is 1. The Labute approximate surface area is 151 Å². The molecule has 0 atom stereocenters. The maximum absolute atomic E-state index is 13.2. The van der Waals surface area contributed by atoms with Crippen molar-refractivity contribution in [2.24, 2.45) is 5.92 Å². The fraction of sp³-hybridized carbons (Fsp3) is 0.300. The van der Waals surface area contributed by atoms with Crippen LogP contribution in [0, 0.1) is 5.92 Å². The summed E-state index contributed by atoms with van der Waals surface area (Å²) in [7, 11) is 0. The molecule has 6 nitrogen and oxygen atoms in total. The Hall–Kier alpha value is -2.86. The first-order valence-electron chi connectivity index (χ1n) is 8.81. The molecule has 0 amide bonds. The maximum atomic E-state index is 13.2. The van der Waals surface area contributed by atoms with Crippen molar-refractivity contribution in [1.29, 1.82) is 0 Å². The first-order valence-corrected chi connectivity index (χ1v) is 8.81. The van der Waals surface area contributed by atoms with Gasteiger partial charge in [-0.1, -0.05) is 43.3 Å². The van der Waals surface area contributed by atoms with E-state index in [0.717, 1.165) is 23.2 Å². The molecule has 0 radical (unpaired) electrons. The van der Waals surface area contributed by atoms with Crippen LogP contribution in [0.1, 0.15) is 29.8 Å². The minimum absolute atomic E-state index is 0.0203. The summed E-state index contributed by atoms with van der Waals surface area (Å²) in [5.74, 6) is 1.02. The monoisotopic (exact) mass is 351 g/mol. The van der Waals surface area contributed by atoms with Crippen LogP contribution >= 0.6 is 0 Å². The minimum Gasteiger partial charge on any atom is -0.395 e. The number of rotatable bonds is 6. The summed E-state index contributed by atoms with van der Waals surface area (Å²) in [6.07, 6.45) is 0. The number of nitrogens with zero attached hydrogens (tertiary/aromatic N) is 1. The van der Waals surface area contributed by atoms with Gasteiger partial charge in [0.25, 0.3) is 0 Å². The van der Waals surface area contributed by atoms with Crippen molar-refractivity contribution < 1.29 is 14.4 Å². The van der Waals surface area contributed by atoms with Crippen molar-refractivity contribution in [1.82, 2.24) is 5.16 Å². The topological polar surface area (TPSA) is 87.4 Å². The van der Waals surface area contributed by atoms with Gasteiger partial charge in [0.05, 0.1) is 23.2 Å². The Balaban J connectivity index is 1.97. The van der Waals surface area contributed by atoms with Crippen molar-refractivity contribution in [2.75, 3.05) is 30.3 Å². The van der Waals surface area contributed by atoms with E-state index in [1.807, 2.05) is 24.3 Å². The molecule has 6 heteroatoms. The molecule has 134 valence electrons. The molecule has 1 heterocycles. The van der Waals surface area contributed by atoms with Crippen LogP contribution in [0.4, 0.5) is 11.4 Å². The van der Waals surface area contributed by atoms with Gasteiger partial charge in [-0.2, -0.15) is 0 Å².